The maximum Gasteiger partial charge on any atom is 0.210 e. The van der Waals surface area contributed by atoms with E-state index in [0.29, 0.717) is 0 Å². The van der Waals surface area contributed by atoms with Crippen LogP contribution >= 0.6 is 0 Å². The van der Waals surface area contributed by atoms with Crippen molar-refractivity contribution in [1.82, 2.24) is 0 Å². The Morgan fingerprint density at radius 1 is 0.750 bits per heavy atom. The molecule has 3 nitrogen and oxygen atoms in total. The van der Waals surface area contributed by atoms with Crippen LogP contribution in [-0.4, -0.2) is 31.5 Å². The number of rotatable bonds is 4. The van der Waals surface area contributed by atoms with Gasteiger partial charge in [0, 0.05) is 41.6 Å². The van der Waals surface area contributed by atoms with Crippen LogP contribution in [-0.2, 0) is 15.6 Å². The Kier molecular flexibility index (Phi) is 6.69. The molecule has 3 aliphatic rings. The van der Waals surface area contributed by atoms with Gasteiger partial charge in [0.1, 0.15) is 12.8 Å². The van der Waals surface area contributed by atoms with Crippen molar-refractivity contribution in [2.75, 3.05) is 26.1 Å². The van der Waals surface area contributed by atoms with Crippen LogP contribution in [0.4, 0.5) is 11.4 Å². The van der Waals surface area contributed by atoms with Gasteiger partial charge in [0.25, 0.3) is 0 Å². The lowest BCUT2D eigenvalue weighted by Gasteiger charge is -2.25. The van der Waals surface area contributed by atoms with E-state index in [1.54, 1.807) is 0 Å². The van der Waals surface area contributed by atoms with Crippen LogP contribution in [0, 0.1) is 0 Å². The molecule has 4 aromatic rings. The van der Waals surface area contributed by atoms with Gasteiger partial charge in [0.2, 0.25) is 5.69 Å². The lowest BCUT2D eigenvalue weighted by Crippen LogP contribution is -2.27. The fourth-order valence-corrected chi connectivity index (χ4v) is 8.23. The standard InChI is InChI=1S/C41H43N2O/c1-40(2)35(42(5)33-23-19-27-13-8-10-17-31(27)37(33)40)25-21-29-15-12-16-30(39(29)44-7)22-26-36-41(3,4)38-32-18-11-9-14-28(32)20-24-34(38)43(36)6/h8-11,13-14,17-26H,12,15-16H2,1-7H3/q+1. The highest BCUT2D eigenvalue weighted by Gasteiger charge is 2.44. The average molecular weight is 580 g/mol. The first-order valence-corrected chi connectivity index (χ1v) is 15.9. The van der Waals surface area contributed by atoms with Crippen molar-refractivity contribution >= 4 is 38.6 Å². The third-order valence-corrected chi connectivity index (χ3v) is 10.4. The van der Waals surface area contributed by atoms with Crippen molar-refractivity contribution < 1.29 is 9.31 Å². The summed E-state index contributed by atoms with van der Waals surface area (Å²) in [6, 6.07) is 26.5. The molecule has 222 valence electrons. The first-order valence-electron chi connectivity index (χ1n) is 15.9. The number of hydrogen-bond acceptors (Lipinski definition) is 2. The van der Waals surface area contributed by atoms with Gasteiger partial charge in [-0.1, -0.05) is 74.5 Å². The molecule has 1 aliphatic carbocycles. The van der Waals surface area contributed by atoms with Crippen LogP contribution in [0.2, 0.25) is 0 Å². The molecule has 4 aromatic carbocycles. The van der Waals surface area contributed by atoms with E-state index < -0.39 is 0 Å². The molecule has 3 heteroatoms. The molecule has 0 fully saturated rings. The number of anilines is 1. The monoisotopic (exact) mass is 579 g/mol. The van der Waals surface area contributed by atoms with Crippen molar-refractivity contribution in [3.63, 3.8) is 0 Å². The van der Waals surface area contributed by atoms with Crippen molar-refractivity contribution in [3.8, 4) is 0 Å². The topological polar surface area (TPSA) is 15.5 Å². The van der Waals surface area contributed by atoms with Gasteiger partial charge in [-0.15, -0.1) is 0 Å². The number of likely N-dealkylation sites (N-methyl/N-ethyl adjacent to an activating group) is 1. The minimum absolute atomic E-state index is 0.106. The second kappa shape index (κ2) is 10.4. The Hall–Kier alpha value is -4.37. The van der Waals surface area contributed by atoms with E-state index in [2.05, 4.69) is 148 Å². The molecule has 0 spiro atoms. The number of methoxy groups -OCH3 is 1. The summed E-state index contributed by atoms with van der Waals surface area (Å²) >= 11 is 0. The SMILES string of the molecule is COC1=C(/C=C/C2=[N+](C)c3ccc4ccccc4c3C2(C)C)CCC/C1=C\C=C1\N(C)c2ccc3ccccc3c2C1(C)C. The highest BCUT2D eigenvalue weighted by Crippen LogP contribution is 2.50. The van der Waals surface area contributed by atoms with Crippen LogP contribution in [0.5, 0.6) is 0 Å². The average Bonchev–Trinajstić information content (AvgIpc) is 3.35. The molecule has 0 N–H and O–H groups in total. The highest BCUT2D eigenvalue weighted by molar-refractivity contribution is 6.07. The number of ether oxygens (including phenoxy) is 1. The van der Waals surface area contributed by atoms with E-state index in [4.69, 9.17) is 4.74 Å². The summed E-state index contributed by atoms with van der Waals surface area (Å²) in [7, 11) is 6.23. The Bertz CT molecular complexity index is 2000. The van der Waals surface area contributed by atoms with Crippen molar-refractivity contribution in [1.29, 1.82) is 0 Å². The van der Waals surface area contributed by atoms with Gasteiger partial charge in [0.15, 0.2) is 5.71 Å². The van der Waals surface area contributed by atoms with E-state index in [1.807, 2.05) is 7.11 Å². The fraction of sp³-hybridized carbons (Fsp3) is 0.293. The molecule has 0 bridgehead atoms. The van der Waals surface area contributed by atoms with Crippen LogP contribution < -0.4 is 4.90 Å². The molecule has 0 aromatic heterocycles. The van der Waals surface area contributed by atoms with Crippen LogP contribution in [0.15, 0.2) is 120 Å². The predicted octanol–water partition coefficient (Wildman–Crippen LogP) is 9.88. The number of fused-ring (bicyclic) bond motifs is 6. The first kappa shape index (κ1) is 28.4. The van der Waals surface area contributed by atoms with E-state index in [-0.39, 0.29) is 10.8 Å². The zero-order chi connectivity index (χ0) is 30.8. The molecule has 0 radical (unpaired) electrons. The van der Waals surface area contributed by atoms with E-state index in [1.165, 1.54) is 66.6 Å². The van der Waals surface area contributed by atoms with Crippen LogP contribution in [0.3, 0.4) is 0 Å². The van der Waals surface area contributed by atoms with Crippen LogP contribution in [0.1, 0.15) is 58.1 Å². The van der Waals surface area contributed by atoms with Gasteiger partial charge >= 0.3 is 0 Å². The molecule has 0 saturated carbocycles. The Morgan fingerprint density at radius 3 is 2.11 bits per heavy atom. The van der Waals surface area contributed by atoms with Crippen molar-refractivity contribution in [2.45, 2.75) is 57.8 Å². The summed E-state index contributed by atoms with van der Waals surface area (Å²) in [6.07, 6.45) is 12.4. The summed E-state index contributed by atoms with van der Waals surface area (Å²) in [5.41, 5.74) is 10.4. The minimum atomic E-state index is -0.106. The molecule has 0 atom stereocenters. The van der Waals surface area contributed by atoms with Gasteiger partial charge in [-0.3, -0.25) is 0 Å². The zero-order valence-electron chi connectivity index (χ0n) is 27.2. The summed E-state index contributed by atoms with van der Waals surface area (Å²) < 4.78 is 8.51. The summed E-state index contributed by atoms with van der Waals surface area (Å²) in [5, 5.41) is 5.28. The van der Waals surface area contributed by atoms with E-state index in [9.17, 15) is 0 Å². The smallest absolute Gasteiger partial charge is 0.210 e. The lowest BCUT2D eigenvalue weighted by atomic mass is 9.78. The number of benzene rings is 4. The Morgan fingerprint density at radius 2 is 1.41 bits per heavy atom. The molecule has 0 unspecified atom stereocenters. The third kappa shape index (κ3) is 4.20. The summed E-state index contributed by atoms with van der Waals surface area (Å²) in [6.45, 7) is 9.41. The minimum Gasteiger partial charge on any atom is -0.496 e. The highest BCUT2D eigenvalue weighted by atomic mass is 16.5. The van der Waals surface area contributed by atoms with Crippen LogP contribution in [0.25, 0.3) is 21.5 Å². The number of nitrogens with zero attached hydrogens (tertiary/aromatic N) is 2. The molecule has 44 heavy (non-hydrogen) atoms. The zero-order valence-corrected chi connectivity index (χ0v) is 27.2. The summed E-state index contributed by atoms with van der Waals surface area (Å²) in [5.74, 6) is 1.02. The first-order chi connectivity index (χ1) is 21.1. The molecule has 2 aliphatic heterocycles. The van der Waals surface area contributed by atoms with Crippen molar-refractivity contribution in [3.05, 3.63) is 131 Å². The van der Waals surface area contributed by atoms with Gasteiger partial charge in [-0.25, -0.2) is 0 Å². The quantitative estimate of drug-likeness (QED) is 0.224. The third-order valence-electron chi connectivity index (χ3n) is 10.4. The van der Waals surface area contributed by atoms with E-state index in [0.717, 1.165) is 25.0 Å². The maximum absolute atomic E-state index is 6.14. The maximum atomic E-state index is 6.14. The molecular weight excluding hydrogens is 536 g/mol. The Labute approximate surface area is 262 Å². The van der Waals surface area contributed by atoms with Gasteiger partial charge in [0.05, 0.1) is 12.5 Å². The lowest BCUT2D eigenvalue weighted by molar-refractivity contribution is -0.401. The van der Waals surface area contributed by atoms with Gasteiger partial charge < -0.3 is 9.64 Å². The number of allylic oxidation sites excluding steroid dienone is 7. The van der Waals surface area contributed by atoms with E-state index >= 15 is 0 Å². The van der Waals surface area contributed by atoms with Gasteiger partial charge in [-0.2, -0.15) is 4.58 Å². The van der Waals surface area contributed by atoms with Crippen molar-refractivity contribution in [2.24, 2.45) is 0 Å². The second-order valence-electron chi connectivity index (χ2n) is 13.6. The molecular formula is C41H43N2O+. The normalized spacial score (nSPS) is 20.9. The number of hydrogen-bond donors (Lipinski definition) is 0. The predicted molar refractivity (Wildman–Crippen MR) is 186 cm³/mol. The summed E-state index contributed by atoms with van der Waals surface area (Å²) in [4.78, 5) is 2.37. The largest absolute Gasteiger partial charge is 0.496 e. The molecule has 7 rings (SSSR count). The fourth-order valence-electron chi connectivity index (χ4n) is 8.23. The van der Waals surface area contributed by atoms with Gasteiger partial charge in [-0.05, 0) is 95.6 Å². The Balaban J connectivity index is 1.24. The second-order valence-corrected chi connectivity index (χ2v) is 13.6. The molecule has 0 saturated heterocycles. The molecule has 2 heterocycles. The molecule has 0 amide bonds.